The maximum absolute atomic E-state index is 8.64. The maximum Gasteiger partial charge on any atom is 0.296 e. The first kappa shape index (κ1) is 13.3. The zero-order valence-electron chi connectivity index (χ0n) is 11.3. The van der Waals surface area contributed by atoms with Gasteiger partial charge in [0, 0.05) is 6.08 Å². The first-order valence-electron chi connectivity index (χ1n) is 6.60. The minimum Gasteiger partial charge on any atom is -0.458 e. The summed E-state index contributed by atoms with van der Waals surface area (Å²) < 4.78 is 5.75. The van der Waals surface area contributed by atoms with Gasteiger partial charge in [0.2, 0.25) is 0 Å². The molecule has 1 atom stereocenters. The first-order chi connectivity index (χ1) is 9.22. The molecule has 0 radical (unpaired) electrons. The van der Waals surface area contributed by atoms with E-state index in [1.807, 2.05) is 18.2 Å². The Bertz CT molecular complexity index is 549. The molecular formula is C16H18N2O. The summed E-state index contributed by atoms with van der Waals surface area (Å²) in [7, 11) is 0. The monoisotopic (exact) mass is 254 g/mol. The number of ether oxygens (including phenoxy) is 1. The standard InChI is InChI=1S/C16H18N2O/c1-3-12(2)13-4-8-15(9-5-13)19-16-10-6-14(18-17)7-11-16/h4-6,8-12H,3,7H2,1-2H3. The van der Waals surface area contributed by atoms with Gasteiger partial charge in [-0.25, -0.2) is 0 Å². The van der Waals surface area contributed by atoms with Crippen LogP contribution in [0, 0.1) is 0 Å². The van der Waals surface area contributed by atoms with Crippen molar-refractivity contribution < 1.29 is 9.53 Å². The average Bonchev–Trinajstić information content (AvgIpc) is 2.48. The molecule has 0 bridgehead atoms. The Morgan fingerprint density at radius 3 is 2.53 bits per heavy atom. The number of nitrogens with zero attached hydrogens (tertiary/aromatic N) is 2. The minimum absolute atomic E-state index is 0.575. The number of allylic oxidation sites excluding steroid dienone is 3. The van der Waals surface area contributed by atoms with Crippen molar-refractivity contribution >= 4 is 5.71 Å². The topological polar surface area (TPSA) is 45.6 Å². The lowest BCUT2D eigenvalue weighted by atomic mass is 9.99. The largest absolute Gasteiger partial charge is 0.458 e. The molecule has 0 N–H and O–H groups in total. The van der Waals surface area contributed by atoms with E-state index in [9.17, 15) is 0 Å². The van der Waals surface area contributed by atoms with Crippen LogP contribution in [0.3, 0.4) is 0 Å². The summed E-state index contributed by atoms with van der Waals surface area (Å²) in [6, 6.07) is 8.20. The Morgan fingerprint density at radius 2 is 2.00 bits per heavy atom. The van der Waals surface area contributed by atoms with Crippen LogP contribution in [-0.4, -0.2) is 10.5 Å². The lowest BCUT2D eigenvalue weighted by Crippen LogP contribution is -2.02. The molecule has 1 aromatic carbocycles. The fraction of sp³-hybridized carbons (Fsp3) is 0.312. The summed E-state index contributed by atoms with van der Waals surface area (Å²) in [5.74, 6) is 2.18. The Hall–Kier alpha value is -2.12. The van der Waals surface area contributed by atoms with Gasteiger partial charge in [0.15, 0.2) is 0 Å². The molecule has 0 spiro atoms. The van der Waals surface area contributed by atoms with Gasteiger partial charge in [-0.3, -0.25) is 0 Å². The zero-order chi connectivity index (χ0) is 13.7. The molecular weight excluding hydrogens is 236 g/mol. The van der Waals surface area contributed by atoms with Gasteiger partial charge in [0.25, 0.3) is 5.71 Å². The number of hydrogen-bond donors (Lipinski definition) is 0. The molecule has 0 aliphatic heterocycles. The molecule has 1 aliphatic rings. The summed E-state index contributed by atoms with van der Waals surface area (Å²) in [6.07, 6.45) is 7.19. The molecule has 1 aromatic rings. The highest BCUT2D eigenvalue weighted by atomic mass is 16.5. The van der Waals surface area contributed by atoms with Crippen molar-refractivity contribution in [2.75, 3.05) is 0 Å². The molecule has 0 saturated carbocycles. The third-order valence-electron chi connectivity index (χ3n) is 3.38. The Labute approximate surface area is 113 Å². The van der Waals surface area contributed by atoms with E-state index in [1.54, 1.807) is 12.2 Å². The van der Waals surface area contributed by atoms with Crippen molar-refractivity contribution in [3.05, 3.63) is 59.3 Å². The number of hydrogen-bond acceptors (Lipinski definition) is 1. The van der Waals surface area contributed by atoms with Gasteiger partial charge in [-0.1, -0.05) is 26.0 Å². The molecule has 3 heteroatoms. The summed E-state index contributed by atoms with van der Waals surface area (Å²) in [5.41, 5.74) is 10.6. The van der Waals surface area contributed by atoms with E-state index in [0.29, 0.717) is 18.1 Å². The molecule has 19 heavy (non-hydrogen) atoms. The second-order valence-corrected chi connectivity index (χ2v) is 4.72. The van der Waals surface area contributed by atoms with Crippen LogP contribution >= 0.6 is 0 Å². The Balaban J connectivity index is 2.03. The predicted molar refractivity (Wildman–Crippen MR) is 76.2 cm³/mol. The maximum atomic E-state index is 8.64. The van der Waals surface area contributed by atoms with E-state index < -0.39 is 0 Å². The predicted octanol–water partition coefficient (Wildman–Crippen LogP) is 4.09. The fourth-order valence-corrected chi connectivity index (χ4v) is 1.91. The lowest BCUT2D eigenvalue weighted by molar-refractivity contribution is -0.00549. The van der Waals surface area contributed by atoms with E-state index in [1.165, 1.54) is 5.56 Å². The molecule has 0 aromatic heterocycles. The zero-order valence-corrected chi connectivity index (χ0v) is 11.3. The van der Waals surface area contributed by atoms with Crippen LogP contribution in [0.15, 0.2) is 48.3 Å². The molecule has 3 nitrogen and oxygen atoms in total. The second-order valence-electron chi connectivity index (χ2n) is 4.72. The summed E-state index contributed by atoms with van der Waals surface area (Å²) in [6.45, 7) is 4.41. The van der Waals surface area contributed by atoms with Gasteiger partial charge >= 0.3 is 0 Å². The molecule has 0 saturated heterocycles. The third-order valence-corrected chi connectivity index (χ3v) is 3.38. The summed E-state index contributed by atoms with van der Waals surface area (Å²) in [5, 5.41) is 0. The van der Waals surface area contributed by atoms with E-state index in [-0.39, 0.29) is 0 Å². The summed E-state index contributed by atoms with van der Waals surface area (Å²) in [4.78, 5) is 3.16. The van der Waals surface area contributed by atoms with E-state index >= 15 is 0 Å². The van der Waals surface area contributed by atoms with E-state index in [2.05, 4.69) is 30.8 Å². The smallest absolute Gasteiger partial charge is 0.296 e. The molecule has 2 rings (SSSR count). The average molecular weight is 254 g/mol. The van der Waals surface area contributed by atoms with Gasteiger partial charge in [0.1, 0.15) is 11.5 Å². The van der Waals surface area contributed by atoms with Crippen molar-refractivity contribution in [2.24, 2.45) is 0 Å². The quantitative estimate of drug-likeness (QED) is 0.589. The van der Waals surface area contributed by atoms with Crippen LogP contribution in [-0.2, 0) is 0 Å². The van der Waals surface area contributed by atoms with Crippen molar-refractivity contribution in [3.8, 4) is 5.75 Å². The fourth-order valence-electron chi connectivity index (χ4n) is 1.91. The van der Waals surface area contributed by atoms with Crippen LogP contribution < -0.4 is 4.74 Å². The van der Waals surface area contributed by atoms with Gasteiger partial charge in [-0.05, 0) is 42.2 Å². The van der Waals surface area contributed by atoms with Crippen molar-refractivity contribution in [1.82, 2.24) is 0 Å². The molecule has 0 amide bonds. The Morgan fingerprint density at radius 1 is 1.26 bits per heavy atom. The first-order valence-corrected chi connectivity index (χ1v) is 6.60. The highest BCUT2D eigenvalue weighted by Crippen LogP contribution is 2.23. The second kappa shape index (κ2) is 6.17. The van der Waals surface area contributed by atoms with Crippen molar-refractivity contribution in [1.29, 1.82) is 0 Å². The number of rotatable bonds is 4. The molecule has 0 fully saturated rings. The van der Waals surface area contributed by atoms with E-state index in [0.717, 1.165) is 17.9 Å². The highest BCUT2D eigenvalue weighted by molar-refractivity contribution is 5.92. The van der Waals surface area contributed by atoms with Gasteiger partial charge in [-0.2, -0.15) is 4.79 Å². The van der Waals surface area contributed by atoms with Crippen LogP contribution in [0.4, 0.5) is 0 Å². The normalized spacial score (nSPS) is 15.7. The van der Waals surface area contributed by atoms with Crippen molar-refractivity contribution in [3.63, 3.8) is 0 Å². The van der Waals surface area contributed by atoms with E-state index in [4.69, 9.17) is 10.3 Å². The minimum atomic E-state index is 0.575. The van der Waals surface area contributed by atoms with Gasteiger partial charge < -0.3 is 10.3 Å². The van der Waals surface area contributed by atoms with Crippen LogP contribution in [0.25, 0.3) is 5.53 Å². The third kappa shape index (κ3) is 3.43. The summed E-state index contributed by atoms with van der Waals surface area (Å²) >= 11 is 0. The lowest BCUT2D eigenvalue weighted by Gasteiger charge is -2.11. The molecule has 1 unspecified atom stereocenters. The van der Waals surface area contributed by atoms with Crippen molar-refractivity contribution in [2.45, 2.75) is 32.6 Å². The van der Waals surface area contributed by atoms with Gasteiger partial charge in [-0.15, -0.1) is 0 Å². The van der Waals surface area contributed by atoms with Crippen LogP contribution in [0.5, 0.6) is 5.75 Å². The molecule has 1 aliphatic carbocycles. The van der Waals surface area contributed by atoms with Crippen LogP contribution in [0.1, 0.15) is 38.2 Å². The van der Waals surface area contributed by atoms with Gasteiger partial charge in [0.05, 0.1) is 6.42 Å². The Kier molecular flexibility index (Phi) is 4.32. The number of benzene rings is 1. The SMILES string of the molecule is CCC(C)c1ccc(OC2=CCC(=[N+]=[N-])C=C2)cc1. The molecule has 98 valence electrons. The highest BCUT2D eigenvalue weighted by Gasteiger charge is 2.09. The molecule has 0 heterocycles. The van der Waals surface area contributed by atoms with Crippen LogP contribution in [0.2, 0.25) is 0 Å².